The number of aliphatic carboxylic acids is 1. The highest BCUT2D eigenvalue weighted by atomic mass is 16.4. The molecule has 1 aliphatic carbocycles. The highest BCUT2D eigenvalue weighted by Gasteiger charge is 2.69. The lowest BCUT2D eigenvalue weighted by atomic mass is 9.95. The minimum atomic E-state index is -0.866. The Kier molecular flexibility index (Phi) is 2.46. The van der Waals surface area contributed by atoms with Gasteiger partial charge in [-0.2, -0.15) is 0 Å². The molecule has 1 N–H and O–H groups in total. The van der Waals surface area contributed by atoms with E-state index in [0.29, 0.717) is 18.9 Å². The summed E-state index contributed by atoms with van der Waals surface area (Å²) >= 11 is 0. The van der Waals surface area contributed by atoms with E-state index >= 15 is 0 Å². The van der Waals surface area contributed by atoms with Crippen molar-refractivity contribution in [1.82, 2.24) is 0 Å². The number of benzene rings is 1. The van der Waals surface area contributed by atoms with Crippen LogP contribution in [0.3, 0.4) is 0 Å². The number of hydrogen-bond donors (Lipinski definition) is 1. The van der Waals surface area contributed by atoms with E-state index in [9.17, 15) is 14.7 Å². The van der Waals surface area contributed by atoms with E-state index in [-0.39, 0.29) is 5.91 Å². The summed E-state index contributed by atoms with van der Waals surface area (Å²) in [7, 11) is 0. The first-order valence-corrected chi connectivity index (χ1v) is 6.62. The van der Waals surface area contributed by atoms with Crippen LogP contribution in [0.5, 0.6) is 0 Å². The molecule has 0 radical (unpaired) electrons. The predicted octanol–water partition coefficient (Wildman–Crippen LogP) is 2.03. The number of carbonyl (C=O) groups excluding carboxylic acids is 1. The molecular weight excluding hydrogens is 242 g/mol. The molecule has 19 heavy (non-hydrogen) atoms. The molecule has 0 bridgehead atoms. The normalized spacial score (nSPS) is 28.1. The van der Waals surface area contributed by atoms with Gasteiger partial charge in [0.2, 0.25) is 5.91 Å². The van der Waals surface area contributed by atoms with Gasteiger partial charge in [-0.25, -0.2) is 0 Å². The number of hydrogen-bond acceptors (Lipinski definition) is 2. The molecule has 0 aromatic heterocycles. The van der Waals surface area contributed by atoms with Gasteiger partial charge in [-0.05, 0) is 24.0 Å². The Labute approximate surface area is 112 Å². The summed E-state index contributed by atoms with van der Waals surface area (Å²) in [5.74, 6) is -1.10. The summed E-state index contributed by atoms with van der Waals surface area (Å²) in [6.07, 6.45) is 0.437. The van der Waals surface area contributed by atoms with E-state index in [0.717, 1.165) is 11.3 Å². The van der Waals surface area contributed by atoms with Crippen molar-refractivity contribution in [3.8, 4) is 0 Å². The minimum absolute atomic E-state index is 0.0326. The average Bonchev–Trinajstić information content (AvgIpc) is 3.07. The van der Waals surface area contributed by atoms with Crippen molar-refractivity contribution in [3.05, 3.63) is 29.8 Å². The summed E-state index contributed by atoms with van der Waals surface area (Å²) < 4.78 is 0. The van der Waals surface area contributed by atoms with Crippen LogP contribution in [0.2, 0.25) is 0 Å². The van der Waals surface area contributed by atoms with Gasteiger partial charge in [-0.15, -0.1) is 0 Å². The average molecular weight is 259 g/mol. The molecule has 0 unspecified atom stereocenters. The molecule has 1 heterocycles. The van der Waals surface area contributed by atoms with Gasteiger partial charge >= 0.3 is 5.97 Å². The molecule has 4 nitrogen and oxygen atoms in total. The second-order valence-corrected chi connectivity index (χ2v) is 5.89. The number of anilines is 1. The molecule has 2 atom stereocenters. The van der Waals surface area contributed by atoms with Crippen molar-refractivity contribution >= 4 is 17.6 Å². The monoisotopic (exact) mass is 259 g/mol. The van der Waals surface area contributed by atoms with Crippen LogP contribution >= 0.6 is 0 Å². The van der Waals surface area contributed by atoms with E-state index in [1.54, 1.807) is 4.90 Å². The van der Waals surface area contributed by atoms with Crippen LogP contribution in [0.25, 0.3) is 0 Å². The van der Waals surface area contributed by atoms with E-state index in [2.05, 4.69) is 13.8 Å². The number of fused-ring (bicyclic) bond motifs is 2. The fourth-order valence-corrected chi connectivity index (χ4v) is 3.19. The summed E-state index contributed by atoms with van der Waals surface area (Å²) in [6.45, 7) is 4.76. The van der Waals surface area contributed by atoms with Crippen molar-refractivity contribution in [3.63, 3.8) is 0 Å². The molecule has 1 amide bonds. The van der Waals surface area contributed by atoms with Crippen LogP contribution < -0.4 is 4.90 Å². The highest BCUT2D eigenvalue weighted by molar-refractivity contribution is 6.13. The van der Waals surface area contributed by atoms with Crippen LogP contribution in [-0.2, 0) is 15.0 Å². The maximum absolute atomic E-state index is 12.7. The van der Waals surface area contributed by atoms with Crippen LogP contribution in [0.15, 0.2) is 24.3 Å². The third-order valence-corrected chi connectivity index (χ3v) is 4.11. The van der Waals surface area contributed by atoms with Gasteiger partial charge in [0.15, 0.2) is 0 Å². The number of amides is 1. The molecule has 1 aromatic carbocycles. The van der Waals surface area contributed by atoms with Crippen molar-refractivity contribution in [2.75, 3.05) is 11.4 Å². The molecule has 1 spiro atoms. The zero-order chi connectivity index (χ0) is 13.8. The highest BCUT2D eigenvalue weighted by Crippen LogP contribution is 2.61. The third kappa shape index (κ3) is 1.52. The molecule has 1 saturated carbocycles. The van der Waals surface area contributed by atoms with Crippen LogP contribution in [-0.4, -0.2) is 23.5 Å². The van der Waals surface area contributed by atoms with Gasteiger partial charge in [-0.1, -0.05) is 32.0 Å². The Hall–Kier alpha value is -1.84. The van der Waals surface area contributed by atoms with Gasteiger partial charge in [0.1, 0.15) is 0 Å². The maximum atomic E-state index is 12.7. The van der Waals surface area contributed by atoms with Crippen LogP contribution in [0.4, 0.5) is 5.69 Å². The lowest BCUT2D eigenvalue weighted by Crippen LogP contribution is -2.36. The summed E-state index contributed by atoms with van der Waals surface area (Å²) in [4.78, 5) is 25.7. The Morgan fingerprint density at radius 2 is 2.16 bits per heavy atom. The van der Waals surface area contributed by atoms with E-state index in [1.807, 2.05) is 24.3 Å². The first-order valence-electron chi connectivity index (χ1n) is 6.62. The first kappa shape index (κ1) is 12.2. The Bertz CT molecular complexity index is 566. The standard InChI is InChI=1S/C15H17NO3/c1-9(2)8-16-12-6-4-3-5-10(12)15(14(16)19)7-11(15)13(17)18/h3-6,9,11H,7-8H2,1-2H3,(H,17,18)/t11-,15-/m0/s1. The second kappa shape index (κ2) is 3.83. The fraction of sp³-hybridized carbons (Fsp3) is 0.467. The number of nitrogens with zero attached hydrogens (tertiary/aromatic N) is 1. The third-order valence-electron chi connectivity index (χ3n) is 4.11. The molecule has 4 heteroatoms. The van der Waals surface area contributed by atoms with Gasteiger partial charge in [0.05, 0.1) is 11.3 Å². The van der Waals surface area contributed by atoms with E-state index in [4.69, 9.17) is 0 Å². The lowest BCUT2D eigenvalue weighted by Gasteiger charge is -2.20. The number of carbonyl (C=O) groups is 2. The molecular formula is C15H17NO3. The van der Waals surface area contributed by atoms with Gasteiger partial charge in [-0.3, -0.25) is 9.59 Å². The molecule has 2 aliphatic rings. The molecule has 0 saturated heterocycles. The smallest absolute Gasteiger partial charge is 0.307 e. The van der Waals surface area contributed by atoms with Gasteiger partial charge in [0.25, 0.3) is 0 Å². The summed E-state index contributed by atoms with van der Waals surface area (Å²) in [5, 5.41) is 9.22. The Morgan fingerprint density at radius 1 is 1.47 bits per heavy atom. The largest absolute Gasteiger partial charge is 0.481 e. The molecule has 100 valence electrons. The summed E-state index contributed by atoms with van der Waals surface area (Å²) in [5.41, 5.74) is 1.01. The minimum Gasteiger partial charge on any atom is -0.481 e. The SMILES string of the molecule is CC(C)CN1C(=O)[C@@]2(C[C@H]2C(=O)O)c2ccccc21. The zero-order valence-corrected chi connectivity index (χ0v) is 11.1. The van der Waals surface area contributed by atoms with Gasteiger partial charge < -0.3 is 10.0 Å². The number of rotatable bonds is 3. The van der Waals surface area contributed by atoms with Crippen LogP contribution in [0.1, 0.15) is 25.8 Å². The van der Waals surface area contributed by atoms with E-state index < -0.39 is 17.3 Å². The van der Waals surface area contributed by atoms with E-state index in [1.165, 1.54) is 0 Å². The van der Waals surface area contributed by atoms with Gasteiger partial charge in [0, 0.05) is 12.2 Å². The molecule has 1 aromatic rings. The quantitative estimate of drug-likeness (QED) is 0.903. The van der Waals surface area contributed by atoms with Crippen LogP contribution in [0, 0.1) is 11.8 Å². The lowest BCUT2D eigenvalue weighted by molar-refractivity contribution is -0.140. The second-order valence-electron chi connectivity index (χ2n) is 5.89. The molecule has 1 aliphatic heterocycles. The topological polar surface area (TPSA) is 57.6 Å². The Morgan fingerprint density at radius 3 is 2.74 bits per heavy atom. The van der Waals surface area contributed by atoms with Crippen molar-refractivity contribution < 1.29 is 14.7 Å². The first-order chi connectivity index (χ1) is 8.98. The molecule has 1 fully saturated rings. The summed E-state index contributed by atoms with van der Waals surface area (Å²) in [6, 6.07) is 7.60. The number of carboxylic acids is 1. The van der Waals surface area contributed by atoms with Crippen molar-refractivity contribution in [2.24, 2.45) is 11.8 Å². The number of carboxylic acid groups (broad SMARTS) is 1. The Balaban J connectivity index is 2.06. The van der Waals surface area contributed by atoms with Crippen molar-refractivity contribution in [2.45, 2.75) is 25.7 Å². The number of para-hydroxylation sites is 1. The van der Waals surface area contributed by atoms with Crippen molar-refractivity contribution in [1.29, 1.82) is 0 Å². The molecule has 3 rings (SSSR count). The fourth-order valence-electron chi connectivity index (χ4n) is 3.19. The predicted molar refractivity (Wildman–Crippen MR) is 71.1 cm³/mol. The maximum Gasteiger partial charge on any atom is 0.307 e. The zero-order valence-electron chi connectivity index (χ0n) is 11.1.